The van der Waals surface area contributed by atoms with Gasteiger partial charge in [0.15, 0.2) is 5.96 Å². The Labute approximate surface area is 203 Å². The van der Waals surface area contributed by atoms with Gasteiger partial charge in [-0.25, -0.2) is 0 Å². The summed E-state index contributed by atoms with van der Waals surface area (Å²) in [6, 6.07) is 6.58. The highest BCUT2D eigenvalue weighted by atomic mass is 127. The van der Waals surface area contributed by atoms with Crippen LogP contribution in [0.2, 0.25) is 5.02 Å². The van der Waals surface area contributed by atoms with Crippen LogP contribution in [-0.2, 0) is 0 Å². The van der Waals surface area contributed by atoms with Crippen LogP contribution in [0, 0.1) is 0 Å². The molecule has 1 aromatic carbocycles. The van der Waals surface area contributed by atoms with Crippen molar-refractivity contribution in [2.45, 2.75) is 25.4 Å². The van der Waals surface area contributed by atoms with Crippen LogP contribution in [0.5, 0.6) is 5.75 Å². The summed E-state index contributed by atoms with van der Waals surface area (Å²) < 4.78 is 5.53. The van der Waals surface area contributed by atoms with E-state index in [1.54, 1.807) is 7.11 Å². The van der Waals surface area contributed by atoms with Gasteiger partial charge in [0, 0.05) is 56.4 Å². The van der Waals surface area contributed by atoms with Gasteiger partial charge < -0.3 is 25.2 Å². The van der Waals surface area contributed by atoms with Crippen molar-refractivity contribution in [2.24, 2.45) is 4.99 Å². The van der Waals surface area contributed by atoms with Crippen molar-refractivity contribution in [1.82, 2.24) is 20.4 Å². The molecular weight excluding hydrogens is 515 g/mol. The van der Waals surface area contributed by atoms with E-state index in [0.717, 1.165) is 74.7 Å². The van der Waals surface area contributed by atoms with Gasteiger partial charge in [-0.1, -0.05) is 11.6 Å². The molecule has 2 aliphatic heterocycles. The van der Waals surface area contributed by atoms with Crippen LogP contribution >= 0.6 is 35.6 Å². The topological polar surface area (TPSA) is 55.4 Å². The van der Waals surface area contributed by atoms with Gasteiger partial charge in [0.2, 0.25) is 0 Å². The molecule has 30 heavy (non-hydrogen) atoms. The molecule has 2 saturated heterocycles. The molecule has 2 unspecified atom stereocenters. The summed E-state index contributed by atoms with van der Waals surface area (Å²) in [5, 5.41) is 7.76. The van der Waals surface area contributed by atoms with Gasteiger partial charge in [0.25, 0.3) is 0 Å². The van der Waals surface area contributed by atoms with E-state index < -0.39 is 0 Å². The Morgan fingerprint density at radius 1 is 1.23 bits per heavy atom. The molecule has 2 heterocycles. The standard InChI is InChI=1S/C21H35ClN6O.HI/c1-5-23-21(24-13-18-15-26(2)10-11-27(18)3)25-17-8-9-28(14-17)19-12-16(22)6-7-20(19)29-4;/h6-7,12,17-18H,5,8-11,13-15H2,1-4H3,(H2,23,24,25);1H. The molecule has 0 saturated carbocycles. The molecule has 1 aromatic rings. The van der Waals surface area contributed by atoms with Crippen LogP contribution in [0.25, 0.3) is 0 Å². The summed E-state index contributed by atoms with van der Waals surface area (Å²) in [5.74, 6) is 1.76. The predicted molar refractivity (Wildman–Crippen MR) is 137 cm³/mol. The van der Waals surface area contributed by atoms with Crippen molar-refractivity contribution in [3.8, 4) is 5.75 Å². The molecule has 0 radical (unpaired) electrons. The van der Waals surface area contributed by atoms with Gasteiger partial charge in [0.1, 0.15) is 5.75 Å². The highest BCUT2D eigenvalue weighted by Crippen LogP contribution is 2.33. The third kappa shape index (κ3) is 6.77. The lowest BCUT2D eigenvalue weighted by atomic mass is 10.2. The minimum atomic E-state index is 0. The average molecular weight is 551 g/mol. The summed E-state index contributed by atoms with van der Waals surface area (Å²) in [7, 11) is 6.08. The molecule has 3 rings (SSSR count). The minimum absolute atomic E-state index is 0. The molecule has 2 atom stereocenters. The number of likely N-dealkylation sites (N-methyl/N-ethyl adjacent to an activating group) is 2. The number of benzene rings is 1. The Balaban J connectivity index is 0.00000320. The third-order valence-corrected chi connectivity index (χ3v) is 6.03. The number of aliphatic imine (C=N–C) groups is 1. The summed E-state index contributed by atoms with van der Waals surface area (Å²) in [5.41, 5.74) is 1.05. The van der Waals surface area contributed by atoms with Crippen LogP contribution in [0.15, 0.2) is 23.2 Å². The van der Waals surface area contributed by atoms with E-state index in [0.29, 0.717) is 12.1 Å². The smallest absolute Gasteiger partial charge is 0.191 e. The zero-order valence-electron chi connectivity index (χ0n) is 18.5. The van der Waals surface area contributed by atoms with Crippen LogP contribution in [0.4, 0.5) is 5.69 Å². The number of halogens is 2. The van der Waals surface area contributed by atoms with Crippen molar-refractivity contribution in [1.29, 1.82) is 0 Å². The molecule has 7 nitrogen and oxygen atoms in total. The summed E-state index contributed by atoms with van der Waals surface area (Å²) >= 11 is 6.22. The Bertz CT molecular complexity index is 706. The maximum Gasteiger partial charge on any atom is 0.191 e. The van der Waals surface area contributed by atoms with Crippen molar-refractivity contribution < 1.29 is 4.74 Å². The number of rotatable bonds is 6. The Hall–Kier alpha value is -0.970. The zero-order valence-corrected chi connectivity index (χ0v) is 21.6. The van der Waals surface area contributed by atoms with E-state index in [2.05, 4.69) is 46.4 Å². The number of guanidine groups is 1. The number of piperazine rings is 1. The Morgan fingerprint density at radius 2 is 2.03 bits per heavy atom. The fourth-order valence-corrected chi connectivity index (χ4v) is 4.18. The van der Waals surface area contributed by atoms with Gasteiger partial charge in [-0.3, -0.25) is 9.89 Å². The molecule has 0 spiro atoms. The number of hydrogen-bond acceptors (Lipinski definition) is 5. The van der Waals surface area contributed by atoms with Crippen LogP contribution in [0.3, 0.4) is 0 Å². The molecule has 9 heteroatoms. The molecule has 170 valence electrons. The number of nitrogens with zero attached hydrogens (tertiary/aromatic N) is 4. The van der Waals surface area contributed by atoms with Crippen molar-refractivity contribution in [3.63, 3.8) is 0 Å². The normalized spacial score (nSPS) is 23.2. The van der Waals surface area contributed by atoms with E-state index in [1.807, 2.05) is 18.2 Å². The van der Waals surface area contributed by atoms with Crippen molar-refractivity contribution in [2.75, 3.05) is 71.9 Å². The summed E-state index contributed by atoms with van der Waals surface area (Å²) in [4.78, 5) is 12.0. The highest BCUT2D eigenvalue weighted by molar-refractivity contribution is 14.0. The number of nitrogens with one attached hydrogen (secondary N) is 2. The molecule has 0 aromatic heterocycles. The van der Waals surface area contributed by atoms with E-state index in [-0.39, 0.29) is 24.0 Å². The zero-order chi connectivity index (χ0) is 20.8. The maximum atomic E-state index is 6.22. The first-order chi connectivity index (χ1) is 14.0. The second-order valence-electron chi connectivity index (χ2n) is 8.01. The molecule has 0 bridgehead atoms. The van der Waals surface area contributed by atoms with Crippen LogP contribution < -0.4 is 20.3 Å². The summed E-state index contributed by atoms with van der Waals surface area (Å²) in [6.45, 7) is 8.90. The van der Waals surface area contributed by atoms with E-state index in [9.17, 15) is 0 Å². The number of methoxy groups -OCH3 is 1. The second-order valence-corrected chi connectivity index (χ2v) is 8.44. The lowest BCUT2D eigenvalue weighted by Gasteiger charge is -2.37. The quantitative estimate of drug-likeness (QED) is 0.322. The highest BCUT2D eigenvalue weighted by Gasteiger charge is 2.26. The van der Waals surface area contributed by atoms with Gasteiger partial charge in [-0.05, 0) is 45.6 Å². The summed E-state index contributed by atoms with van der Waals surface area (Å²) in [6.07, 6.45) is 1.05. The minimum Gasteiger partial charge on any atom is -0.495 e. The molecule has 0 aliphatic carbocycles. The number of anilines is 1. The van der Waals surface area contributed by atoms with E-state index in [1.165, 1.54) is 0 Å². The first-order valence-electron chi connectivity index (χ1n) is 10.5. The molecule has 2 N–H and O–H groups in total. The number of ether oxygens (including phenoxy) is 1. The van der Waals surface area contributed by atoms with Crippen molar-refractivity contribution >= 4 is 47.2 Å². The predicted octanol–water partition coefficient (Wildman–Crippen LogP) is 2.35. The average Bonchev–Trinajstić information content (AvgIpc) is 3.17. The fourth-order valence-electron chi connectivity index (χ4n) is 4.02. The van der Waals surface area contributed by atoms with Crippen molar-refractivity contribution in [3.05, 3.63) is 23.2 Å². The molecule has 2 aliphatic rings. The Morgan fingerprint density at radius 3 is 2.77 bits per heavy atom. The van der Waals surface area contributed by atoms with Crippen LogP contribution in [0.1, 0.15) is 13.3 Å². The van der Waals surface area contributed by atoms with Gasteiger partial charge in [0.05, 0.1) is 19.3 Å². The Kier molecular flexibility index (Phi) is 10.3. The molecular formula is C21H36ClIN6O. The first-order valence-corrected chi connectivity index (χ1v) is 10.9. The van der Waals surface area contributed by atoms with E-state index >= 15 is 0 Å². The van der Waals surface area contributed by atoms with Gasteiger partial charge >= 0.3 is 0 Å². The van der Waals surface area contributed by atoms with Gasteiger partial charge in [-0.15, -0.1) is 24.0 Å². The van der Waals surface area contributed by atoms with Gasteiger partial charge in [-0.2, -0.15) is 0 Å². The molecule has 2 fully saturated rings. The SMILES string of the molecule is CCNC(=NCC1CN(C)CCN1C)NC1CCN(c2cc(Cl)ccc2OC)C1.I. The molecule has 0 amide bonds. The van der Waals surface area contributed by atoms with E-state index in [4.69, 9.17) is 21.3 Å². The monoisotopic (exact) mass is 550 g/mol. The largest absolute Gasteiger partial charge is 0.495 e. The second kappa shape index (κ2) is 12.2. The van der Waals surface area contributed by atoms with Crippen LogP contribution in [-0.4, -0.2) is 94.9 Å². The third-order valence-electron chi connectivity index (χ3n) is 5.80. The first kappa shape index (κ1) is 25.3. The number of hydrogen-bond donors (Lipinski definition) is 2. The lowest BCUT2D eigenvalue weighted by Crippen LogP contribution is -2.52. The lowest BCUT2D eigenvalue weighted by molar-refractivity contribution is 0.119. The maximum absolute atomic E-state index is 6.22. The fraction of sp³-hybridized carbons (Fsp3) is 0.667.